The van der Waals surface area contributed by atoms with Crippen molar-refractivity contribution in [2.45, 2.75) is 32.6 Å². The van der Waals surface area contributed by atoms with E-state index in [1.807, 2.05) is 12.1 Å². The summed E-state index contributed by atoms with van der Waals surface area (Å²) in [6.07, 6.45) is 6.62. The van der Waals surface area contributed by atoms with Crippen molar-refractivity contribution < 1.29 is 23.6 Å². The molecule has 1 aromatic rings. The van der Waals surface area contributed by atoms with Gasteiger partial charge in [-0.15, -0.1) is 0 Å². The number of methoxy groups -OCH3 is 1. The Kier molecular flexibility index (Phi) is 9.04. The van der Waals surface area contributed by atoms with Gasteiger partial charge in [-0.05, 0) is 37.5 Å². The monoisotopic (exact) mass is 224 g/mol. The number of allylic oxidation sites excluding steroid dienone is 2. The van der Waals surface area contributed by atoms with E-state index in [-0.39, 0.29) is 18.9 Å². The Balaban J connectivity index is 0.00000256. The van der Waals surface area contributed by atoms with Crippen LogP contribution in [0.15, 0.2) is 35.9 Å². The standard InChI is InChI=1S/C15H21O.Li/c1-4-6-13(2)7-5-8-14-9-11-15(16-3)12-10-14;/h7,9-12H,1,4-6,8H2,2-3H3;/q-1;+1/b13-7+;. The fourth-order valence-corrected chi connectivity index (χ4v) is 1.66. The molecule has 88 valence electrons. The molecule has 0 saturated heterocycles. The summed E-state index contributed by atoms with van der Waals surface area (Å²) >= 11 is 0. The molecule has 1 nitrogen and oxygen atoms in total. The van der Waals surface area contributed by atoms with Crippen LogP contribution >= 0.6 is 0 Å². The van der Waals surface area contributed by atoms with E-state index in [0.29, 0.717) is 0 Å². The fraction of sp³-hybridized carbons (Fsp3) is 0.400. The predicted octanol–water partition coefficient (Wildman–Crippen LogP) is 1.19. The summed E-state index contributed by atoms with van der Waals surface area (Å²) in [4.78, 5) is 0. The van der Waals surface area contributed by atoms with Crippen molar-refractivity contribution in [2.75, 3.05) is 7.11 Å². The number of hydrogen-bond donors (Lipinski definition) is 0. The van der Waals surface area contributed by atoms with Crippen LogP contribution in [0.3, 0.4) is 0 Å². The van der Waals surface area contributed by atoms with E-state index in [1.165, 1.54) is 11.1 Å². The molecule has 0 bridgehead atoms. The van der Waals surface area contributed by atoms with Crippen molar-refractivity contribution in [2.24, 2.45) is 0 Å². The summed E-state index contributed by atoms with van der Waals surface area (Å²) in [5.74, 6) is 0.924. The molecule has 0 atom stereocenters. The topological polar surface area (TPSA) is 9.23 Å². The van der Waals surface area contributed by atoms with Gasteiger partial charge in [0, 0.05) is 0 Å². The minimum absolute atomic E-state index is 0. The van der Waals surface area contributed by atoms with Gasteiger partial charge in [-0.1, -0.05) is 30.2 Å². The zero-order valence-electron chi connectivity index (χ0n) is 11.3. The SMILES string of the molecule is [CH2-]CC/C(C)=C/CCc1ccc(OC)cc1.[Li+]. The Morgan fingerprint density at radius 3 is 2.47 bits per heavy atom. The van der Waals surface area contributed by atoms with Crippen LogP contribution < -0.4 is 23.6 Å². The first-order chi connectivity index (χ1) is 7.76. The quantitative estimate of drug-likeness (QED) is 0.401. The Hall–Kier alpha value is -0.643. The average Bonchev–Trinajstić information content (AvgIpc) is 2.30. The van der Waals surface area contributed by atoms with Crippen LogP contribution in [0.25, 0.3) is 0 Å². The van der Waals surface area contributed by atoms with Gasteiger partial charge in [0.15, 0.2) is 0 Å². The smallest absolute Gasteiger partial charge is 0.497 e. The van der Waals surface area contributed by atoms with Gasteiger partial charge in [0.05, 0.1) is 7.11 Å². The maximum atomic E-state index is 5.12. The molecule has 0 aromatic heterocycles. The van der Waals surface area contributed by atoms with E-state index in [1.54, 1.807) is 7.11 Å². The molecule has 0 unspecified atom stereocenters. The van der Waals surface area contributed by atoms with Crippen LogP contribution in [0.1, 0.15) is 31.7 Å². The number of hydrogen-bond acceptors (Lipinski definition) is 1. The largest absolute Gasteiger partial charge is 1.00 e. The van der Waals surface area contributed by atoms with E-state index < -0.39 is 0 Å². The number of rotatable bonds is 6. The average molecular weight is 224 g/mol. The van der Waals surface area contributed by atoms with Crippen molar-refractivity contribution in [1.82, 2.24) is 0 Å². The van der Waals surface area contributed by atoms with Gasteiger partial charge in [-0.3, -0.25) is 0 Å². The molecule has 2 heteroatoms. The number of aryl methyl sites for hydroxylation is 1. The Morgan fingerprint density at radius 2 is 1.94 bits per heavy atom. The molecule has 0 aliphatic rings. The summed E-state index contributed by atoms with van der Waals surface area (Å²) in [6.45, 7) is 6.04. The Bertz CT molecular complexity index is 327. The van der Waals surface area contributed by atoms with Gasteiger partial charge in [0.2, 0.25) is 0 Å². The Labute approximate surface area is 117 Å². The van der Waals surface area contributed by atoms with E-state index >= 15 is 0 Å². The molecule has 0 aliphatic heterocycles. The van der Waals surface area contributed by atoms with Crippen molar-refractivity contribution in [1.29, 1.82) is 0 Å². The second kappa shape index (κ2) is 9.39. The molecule has 0 spiro atoms. The van der Waals surface area contributed by atoms with Crippen LogP contribution in [0, 0.1) is 6.92 Å². The fourth-order valence-electron chi connectivity index (χ4n) is 1.66. The van der Waals surface area contributed by atoms with Crippen molar-refractivity contribution >= 4 is 0 Å². The second-order valence-corrected chi connectivity index (χ2v) is 4.04. The zero-order valence-corrected chi connectivity index (χ0v) is 11.3. The first-order valence-electron chi connectivity index (χ1n) is 5.84. The first kappa shape index (κ1) is 16.4. The molecule has 0 amide bonds. The third kappa shape index (κ3) is 6.61. The van der Waals surface area contributed by atoms with Crippen LogP contribution in [0.4, 0.5) is 0 Å². The van der Waals surface area contributed by atoms with E-state index in [0.717, 1.165) is 31.4 Å². The maximum absolute atomic E-state index is 5.12. The molecule has 1 aromatic carbocycles. The Morgan fingerprint density at radius 1 is 1.29 bits per heavy atom. The normalized spacial score (nSPS) is 10.9. The minimum Gasteiger partial charge on any atom is -0.497 e. The van der Waals surface area contributed by atoms with Gasteiger partial charge in [-0.2, -0.15) is 6.42 Å². The number of benzene rings is 1. The van der Waals surface area contributed by atoms with Crippen LogP contribution in [-0.4, -0.2) is 7.11 Å². The molecule has 0 saturated carbocycles. The molecular weight excluding hydrogens is 203 g/mol. The summed E-state index contributed by atoms with van der Waals surface area (Å²) in [6, 6.07) is 8.29. The molecule has 0 aliphatic carbocycles. The zero-order chi connectivity index (χ0) is 11.8. The van der Waals surface area contributed by atoms with Gasteiger partial charge >= 0.3 is 18.9 Å². The molecular formula is C15H21LiO. The van der Waals surface area contributed by atoms with Crippen LogP contribution in [0.2, 0.25) is 0 Å². The molecule has 0 fully saturated rings. The van der Waals surface area contributed by atoms with Crippen molar-refractivity contribution in [3.05, 3.63) is 48.4 Å². The summed E-state index contributed by atoms with van der Waals surface area (Å²) < 4.78 is 5.12. The van der Waals surface area contributed by atoms with Crippen LogP contribution in [0.5, 0.6) is 5.75 Å². The first-order valence-corrected chi connectivity index (χ1v) is 5.84. The van der Waals surface area contributed by atoms with Crippen molar-refractivity contribution in [3.8, 4) is 5.75 Å². The molecule has 0 N–H and O–H groups in total. The van der Waals surface area contributed by atoms with E-state index in [9.17, 15) is 0 Å². The summed E-state index contributed by atoms with van der Waals surface area (Å²) in [5.41, 5.74) is 2.81. The third-order valence-electron chi connectivity index (χ3n) is 2.66. The molecule has 17 heavy (non-hydrogen) atoms. The predicted molar refractivity (Wildman–Crippen MR) is 69.7 cm³/mol. The van der Waals surface area contributed by atoms with Gasteiger partial charge in [-0.25, -0.2) is 0 Å². The molecule has 1 rings (SSSR count). The summed E-state index contributed by atoms with van der Waals surface area (Å²) in [5, 5.41) is 0. The summed E-state index contributed by atoms with van der Waals surface area (Å²) in [7, 11) is 1.69. The van der Waals surface area contributed by atoms with Crippen LogP contribution in [-0.2, 0) is 6.42 Å². The second-order valence-electron chi connectivity index (χ2n) is 4.04. The van der Waals surface area contributed by atoms with Gasteiger partial charge in [0.1, 0.15) is 5.75 Å². The van der Waals surface area contributed by atoms with Crippen molar-refractivity contribution in [3.63, 3.8) is 0 Å². The number of ether oxygens (including phenoxy) is 1. The molecule has 0 radical (unpaired) electrons. The van der Waals surface area contributed by atoms with Gasteiger partial charge < -0.3 is 11.7 Å². The molecule has 0 heterocycles. The third-order valence-corrected chi connectivity index (χ3v) is 2.66. The minimum atomic E-state index is 0. The van der Waals surface area contributed by atoms with E-state index in [2.05, 4.69) is 32.1 Å². The van der Waals surface area contributed by atoms with Gasteiger partial charge in [0.25, 0.3) is 0 Å². The maximum Gasteiger partial charge on any atom is 1.00 e. The van der Waals surface area contributed by atoms with E-state index in [4.69, 9.17) is 4.74 Å².